The number of carbonyl (C=O) groups excluding carboxylic acids is 1. The number of benzene rings is 1. The molecule has 0 unspecified atom stereocenters. The summed E-state index contributed by atoms with van der Waals surface area (Å²) in [5.74, 6) is 0.736. The Morgan fingerprint density at radius 3 is 2.76 bits per heavy atom. The molecule has 3 aliphatic heterocycles. The Bertz CT molecular complexity index is 719. The predicted octanol–water partition coefficient (Wildman–Crippen LogP) is 1.91. The summed E-state index contributed by atoms with van der Waals surface area (Å²) < 4.78 is 5.04. The number of hydrogen-bond donors (Lipinski definition) is 2. The third-order valence-electron chi connectivity index (χ3n) is 4.88. The zero-order chi connectivity index (χ0) is 14.6. The van der Waals surface area contributed by atoms with E-state index in [1.807, 2.05) is 0 Å². The topological polar surface area (TPSA) is 79.5 Å². The number of primary amides is 1. The van der Waals surface area contributed by atoms with Crippen molar-refractivity contribution in [2.45, 2.75) is 18.8 Å². The van der Waals surface area contributed by atoms with Gasteiger partial charge in [-0.1, -0.05) is 0 Å². The molecule has 1 aromatic carbocycles. The Morgan fingerprint density at radius 1 is 1.38 bits per heavy atom. The molecule has 0 saturated carbocycles. The molecule has 3 N–H and O–H groups in total. The lowest BCUT2D eigenvalue weighted by molar-refractivity contribution is 0.0875. The summed E-state index contributed by atoms with van der Waals surface area (Å²) in [6.45, 7) is 3.32. The fourth-order valence-electron chi connectivity index (χ4n) is 3.87. The van der Waals surface area contributed by atoms with E-state index in [1.165, 1.54) is 24.4 Å². The number of rotatable bonds is 2. The molecule has 2 aromatic rings. The van der Waals surface area contributed by atoms with Gasteiger partial charge in [-0.25, -0.2) is 0 Å². The standard InChI is InChI=1S/C15H17N3O2S/c16-15(20)14-13-10(5-9(19)6-12(13)21-17-14)11-7-18-3-1-8(11)2-4-18/h5-6,8,11,19H,1-4,7H2,(H2,16,20)/t11-/m0/s1. The van der Waals surface area contributed by atoms with Crippen LogP contribution in [0.1, 0.15) is 34.8 Å². The summed E-state index contributed by atoms with van der Waals surface area (Å²) in [7, 11) is 0. The third-order valence-corrected chi connectivity index (χ3v) is 5.67. The van der Waals surface area contributed by atoms with Crippen LogP contribution < -0.4 is 5.73 Å². The molecule has 0 spiro atoms. The Labute approximate surface area is 126 Å². The van der Waals surface area contributed by atoms with Gasteiger partial charge in [0, 0.05) is 17.8 Å². The average molecular weight is 303 g/mol. The number of nitrogens with two attached hydrogens (primary N) is 1. The highest BCUT2D eigenvalue weighted by atomic mass is 32.1. The molecule has 21 heavy (non-hydrogen) atoms. The summed E-state index contributed by atoms with van der Waals surface area (Å²) in [5.41, 5.74) is 6.86. The van der Waals surface area contributed by atoms with Crippen molar-refractivity contribution in [3.8, 4) is 5.75 Å². The number of nitrogens with zero attached hydrogens (tertiary/aromatic N) is 2. The van der Waals surface area contributed by atoms with Crippen molar-refractivity contribution in [3.63, 3.8) is 0 Å². The molecule has 0 aliphatic carbocycles. The molecule has 3 saturated heterocycles. The van der Waals surface area contributed by atoms with Crippen molar-refractivity contribution in [2.75, 3.05) is 19.6 Å². The highest BCUT2D eigenvalue weighted by molar-refractivity contribution is 7.13. The van der Waals surface area contributed by atoms with Crippen molar-refractivity contribution < 1.29 is 9.90 Å². The second-order valence-corrected chi connectivity index (χ2v) is 6.85. The van der Waals surface area contributed by atoms with Crippen LogP contribution in [0.4, 0.5) is 0 Å². The molecule has 3 fully saturated rings. The molecule has 5 nitrogen and oxygen atoms in total. The van der Waals surface area contributed by atoms with E-state index in [2.05, 4.69) is 9.27 Å². The largest absolute Gasteiger partial charge is 0.508 e. The van der Waals surface area contributed by atoms with E-state index in [-0.39, 0.29) is 5.75 Å². The van der Waals surface area contributed by atoms with Crippen LogP contribution in [0.2, 0.25) is 0 Å². The fourth-order valence-corrected chi connectivity index (χ4v) is 4.72. The quantitative estimate of drug-likeness (QED) is 0.888. The number of carbonyl (C=O) groups is 1. The zero-order valence-corrected chi connectivity index (χ0v) is 12.4. The van der Waals surface area contributed by atoms with Gasteiger partial charge in [0.25, 0.3) is 5.91 Å². The molecular weight excluding hydrogens is 286 g/mol. The number of phenolic OH excluding ortho intramolecular Hbond substituents is 1. The first-order valence-electron chi connectivity index (χ1n) is 7.28. The van der Waals surface area contributed by atoms with Crippen LogP contribution in [0.5, 0.6) is 5.75 Å². The van der Waals surface area contributed by atoms with Crippen LogP contribution in [0, 0.1) is 5.92 Å². The number of phenols is 1. The molecular formula is C15H17N3O2S. The van der Waals surface area contributed by atoms with Gasteiger partial charge >= 0.3 is 0 Å². The minimum Gasteiger partial charge on any atom is -0.508 e. The normalized spacial score (nSPS) is 28.1. The van der Waals surface area contributed by atoms with E-state index in [0.717, 1.165) is 35.3 Å². The van der Waals surface area contributed by atoms with E-state index in [1.54, 1.807) is 12.1 Å². The van der Waals surface area contributed by atoms with Crippen LogP contribution in [0.25, 0.3) is 10.1 Å². The van der Waals surface area contributed by atoms with E-state index in [9.17, 15) is 9.90 Å². The highest BCUT2D eigenvalue weighted by Gasteiger charge is 2.36. The van der Waals surface area contributed by atoms with Crippen LogP contribution in [-0.2, 0) is 0 Å². The molecule has 1 aromatic heterocycles. The summed E-state index contributed by atoms with van der Waals surface area (Å²) in [4.78, 5) is 14.1. The van der Waals surface area contributed by atoms with Crippen molar-refractivity contribution in [1.29, 1.82) is 0 Å². The first kappa shape index (κ1) is 13.0. The second kappa shape index (κ2) is 4.68. The summed E-state index contributed by atoms with van der Waals surface area (Å²) in [5, 5.41) is 10.9. The zero-order valence-electron chi connectivity index (χ0n) is 11.6. The van der Waals surface area contributed by atoms with Crippen molar-refractivity contribution >= 4 is 27.5 Å². The Hall–Kier alpha value is -1.66. The van der Waals surface area contributed by atoms with Crippen molar-refractivity contribution in [1.82, 2.24) is 9.27 Å². The number of hydrogen-bond acceptors (Lipinski definition) is 5. The van der Waals surface area contributed by atoms with Crippen LogP contribution in [0.3, 0.4) is 0 Å². The number of aromatic hydroxyl groups is 1. The van der Waals surface area contributed by atoms with Gasteiger partial charge in [0.1, 0.15) is 11.4 Å². The lowest BCUT2D eigenvalue weighted by Crippen LogP contribution is -2.46. The first-order valence-corrected chi connectivity index (χ1v) is 8.05. The first-order chi connectivity index (χ1) is 10.1. The van der Waals surface area contributed by atoms with E-state index >= 15 is 0 Å². The maximum atomic E-state index is 11.6. The van der Waals surface area contributed by atoms with Gasteiger partial charge in [-0.05, 0) is 61.1 Å². The van der Waals surface area contributed by atoms with Crippen molar-refractivity contribution in [3.05, 3.63) is 23.4 Å². The number of amides is 1. The SMILES string of the molecule is NC(=O)c1nsc2cc(O)cc([C@H]3CN4CCC3CC4)c12. The van der Waals surface area contributed by atoms with Gasteiger partial charge in [0.05, 0.1) is 4.70 Å². The third kappa shape index (κ3) is 2.01. The fraction of sp³-hybridized carbons (Fsp3) is 0.467. The van der Waals surface area contributed by atoms with E-state index in [0.29, 0.717) is 17.5 Å². The second-order valence-electron chi connectivity index (χ2n) is 6.05. The van der Waals surface area contributed by atoms with Crippen LogP contribution in [-0.4, -0.2) is 39.9 Å². The molecule has 5 rings (SSSR count). The van der Waals surface area contributed by atoms with Gasteiger partial charge in [0.15, 0.2) is 0 Å². The smallest absolute Gasteiger partial charge is 0.269 e. The highest BCUT2D eigenvalue weighted by Crippen LogP contribution is 2.43. The maximum absolute atomic E-state index is 11.6. The maximum Gasteiger partial charge on any atom is 0.269 e. The Balaban J connectivity index is 1.90. The minimum atomic E-state index is -0.491. The van der Waals surface area contributed by atoms with Gasteiger partial charge < -0.3 is 15.7 Å². The lowest BCUT2D eigenvalue weighted by atomic mass is 9.74. The molecule has 110 valence electrons. The minimum absolute atomic E-state index is 0.244. The van der Waals surface area contributed by atoms with Gasteiger partial charge in [-0.2, -0.15) is 4.37 Å². The van der Waals surface area contributed by atoms with E-state index in [4.69, 9.17) is 5.73 Å². The van der Waals surface area contributed by atoms with Crippen molar-refractivity contribution in [2.24, 2.45) is 11.7 Å². The summed E-state index contributed by atoms with van der Waals surface area (Å²) in [6.07, 6.45) is 2.37. The van der Waals surface area contributed by atoms with Gasteiger partial charge in [-0.3, -0.25) is 4.79 Å². The summed E-state index contributed by atoms with van der Waals surface area (Å²) >= 11 is 1.23. The van der Waals surface area contributed by atoms with Gasteiger partial charge in [-0.15, -0.1) is 0 Å². The van der Waals surface area contributed by atoms with Crippen LogP contribution in [0.15, 0.2) is 12.1 Å². The predicted molar refractivity (Wildman–Crippen MR) is 81.7 cm³/mol. The molecule has 1 amide bonds. The van der Waals surface area contributed by atoms with Crippen LogP contribution >= 0.6 is 11.5 Å². The molecule has 4 heterocycles. The molecule has 0 radical (unpaired) electrons. The number of aromatic nitrogens is 1. The monoisotopic (exact) mass is 303 g/mol. The lowest BCUT2D eigenvalue weighted by Gasteiger charge is -2.45. The Kier molecular flexibility index (Phi) is 2.90. The number of fused-ring (bicyclic) bond motifs is 4. The molecule has 6 heteroatoms. The average Bonchev–Trinajstić information content (AvgIpc) is 2.91. The summed E-state index contributed by atoms with van der Waals surface area (Å²) in [6, 6.07) is 3.47. The van der Waals surface area contributed by atoms with E-state index < -0.39 is 5.91 Å². The molecule has 2 bridgehead atoms. The Morgan fingerprint density at radius 2 is 2.14 bits per heavy atom. The molecule has 1 atom stereocenters. The number of piperidine rings is 3. The van der Waals surface area contributed by atoms with Gasteiger partial charge in [0.2, 0.25) is 0 Å². The molecule has 3 aliphatic rings.